The lowest BCUT2D eigenvalue weighted by Gasteiger charge is -2.33. The van der Waals surface area contributed by atoms with Crippen molar-refractivity contribution in [2.24, 2.45) is 7.05 Å². The molecule has 1 atom stereocenters. The number of ether oxygens (including phenoxy) is 1. The fourth-order valence-electron chi connectivity index (χ4n) is 8.39. The van der Waals surface area contributed by atoms with E-state index in [9.17, 15) is 19.2 Å². The number of nitrogens with one attached hydrogen (secondary N) is 2. The zero-order valence-corrected chi connectivity index (χ0v) is 33.1. The van der Waals surface area contributed by atoms with Gasteiger partial charge in [0.2, 0.25) is 11.8 Å². The molecule has 2 aromatic carbocycles. The Morgan fingerprint density at radius 2 is 1.84 bits per heavy atom. The van der Waals surface area contributed by atoms with Gasteiger partial charge in [-0.15, -0.1) is 11.3 Å². The number of imide groups is 1. The van der Waals surface area contributed by atoms with Crippen LogP contribution in [0.1, 0.15) is 81.7 Å². The summed E-state index contributed by atoms with van der Waals surface area (Å²) >= 11 is 1.52. The molecule has 2 fully saturated rings. The number of hydrogen-bond acceptors (Lipinski definition) is 10. The zero-order valence-electron chi connectivity index (χ0n) is 32.3. The lowest BCUT2D eigenvalue weighted by Crippen LogP contribution is -2.39. The molecular formula is C45H41N7O5S. The van der Waals surface area contributed by atoms with Crippen LogP contribution in [0.3, 0.4) is 0 Å². The van der Waals surface area contributed by atoms with Gasteiger partial charge in [0.1, 0.15) is 5.69 Å². The van der Waals surface area contributed by atoms with Gasteiger partial charge in [0.15, 0.2) is 5.82 Å². The number of aryl methyl sites for hydroxylation is 3. The topological polar surface area (TPSA) is 148 Å². The number of fused-ring (bicyclic) bond motifs is 3. The minimum absolute atomic E-state index is 0.00747. The normalized spacial score (nSPS) is 17.1. The number of benzene rings is 2. The molecule has 3 amide bonds. The molecule has 3 aliphatic rings. The predicted molar refractivity (Wildman–Crippen MR) is 223 cm³/mol. The number of thiophene rings is 1. The molecule has 9 rings (SSSR count). The molecule has 4 aromatic heterocycles. The number of carbonyl (C=O) groups is 3. The van der Waals surface area contributed by atoms with E-state index in [1.807, 2.05) is 50.5 Å². The SMILES string of the molecule is Cc1cc2c(N3CCCc4nc(-c5ccc(C(=O)NCC#Cc6cc7c(C8CCC(=O)NC8=O)cccc7s6)nc5)ncc43)cc(C3CCOCC3)cc2n(C)c1=O. The van der Waals surface area contributed by atoms with Crippen molar-refractivity contribution in [1.82, 2.24) is 30.2 Å². The van der Waals surface area contributed by atoms with Crippen LogP contribution >= 0.6 is 11.3 Å². The van der Waals surface area contributed by atoms with Crippen LogP contribution in [0.4, 0.5) is 11.4 Å². The van der Waals surface area contributed by atoms with Crippen molar-refractivity contribution in [3.63, 3.8) is 0 Å². The van der Waals surface area contributed by atoms with E-state index in [1.54, 1.807) is 22.9 Å². The molecule has 13 heteroatoms. The van der Waals surface area contributed by atoms with Crippen molar-refractivity contribution < 1.29 is 19.1 Å². The quantitative estimate of drug-likeness (QED) is 0.149. The summed E-state index contributed by atoms with van der Waals surface area (Å²) in [5, 5.41) is 7.25. The molecule has 1 unspecified atom stereocenters. The minimum Gasteiger partial charge on any atom is -0.381 e. The Balaban J connectivity index is 0.901. The maximum absolute atomic E-state index is 13.0. The van der Waals surface area contributed by atoms with Crippen molar-refractivity contribution in [1.29, 1.82) is 0 Å². The summed E-state index contributed by atoms with van der Waals surface area (Å²) in [6.45, 7) is 4.26. The summed E-state index contributed by atoms with van der Waals surface area (Å²) in [4.78, 5) is 67.6. The average Bonchev–Trinajstić information content (AvgIpc) is 3.68. The molecule has 0 bridgehead atoms. The van der Waals surface area contributed by atoms with Gasteiger partial charge < -0.3 is 19.5 Å². The number of piperidine rings is 1. The third kappa shape index (κ3) is 7.14. The number of pyridine rings is 2. The number of aromatic nitrogens is 4. The second-order valence-electron chi connectivity index (χ2n) is 15.1. The summed E-state index contributed by atoms with van der Waals surface area (Å²) < 4.78 is 8.44. The summed E-state index contributed by atoms with van der Waals surface area (Å²) in [6, 6.07) is 17.8. The van der Waals surface area contributed by atoms with E-state index in [4.69, 9.17) is 14.7 Å². The van der Waals surface area contributed by atoms with E-state index in [2.05, 4.69) is 44.5 Å². The van der Waals surface area contributed by atoms with Crippen molar-refractivity contribution in [3.05, 3.63) is 110 Å². The first-order chi connectivity index (χ1) is 28.2. The minimum atomic E-state index is -0.375. The molecular weight excluding hydrogens is 751 g/mol. The molecule has 0 saturated carbocycles. The van der Waals surface area contributed by atoms with Gasteiger partial charge in [0.25, 0.3) is 11.5 Å². The van der Waals surface area contributed by atoms with Gasteiger partial charge in [-0.05, 0) is 104 Å². The number of carbonyl (C=O) groups excluding carboxylic acids is 3. The number of nitrogens with zero attached hydrogens (tertiary/aromatic N) is 5. The number of rotatable bonds is 6. The number of amides is 3. The summed E-state index contributed by atoms with van der Waals surface area (Å²) in [6.07, 6.45) is 7.90. The highest BCUT2D eigenvalue weighted by molar-refractivity contribution is 7.19. The molecule has 0 spiro atoms. The van der Waals surface area contributed by atoms with Crippen LogP contribution in [-0.4, -0.2) is 63.5 Å². The highest BCUT2D eigenvalue weighted by atomic mass is 32.1. The standard InChI is InChI=1S/C45H41N7O5S/c1-26-20-34-37(51(2)45(26)56)21-29(27-14-18-57-19-15-27)22-38(34)52-17-5-8-35-39(52)25-48-42(49-35)28-10-12-36(47-24-28)44(55)46-16-4-6-30-23-33-31(7-3-9-40(33)58-30)32-11-13-41(53)50-43(32)54/h3,7,9-10,12,20-25,27,32H,5,8,11,13-19H2,1-2H3,(H,46,55)(H,50,53,54). The second-order valence-corrected chi connectivity index (χ2v) is 16.2. The summed E-state index contributed by atoms with van der Waals surface area (Å²) in [5.41, 5.74) is 7.63. The van der Waals surface area contributed by atoms with Crippen LogP contribution in [0.15, 0.2) is 71.8 Å². The number of hydrogen-bond donors (Lipinski definition) is 2. The van der Waals surface area contributed by atoms with E-state index in [0.717, 1.165) is 93.9 Å². The highest BCUT2D eigenvalue weighted by Crippen LogP contribution is 2.41. The van der Waals surface area contributed by atoms with Gasteiger partial charge in [-0.25, -0.2) is 9.97 Å². The molecule has 0 aliphatic carbocycles. The lowest BCUT2D eigenvalue weighted by atomic mass is 9.88. The van der Waals surface area contributed by atoms with Crippen molar-refractivity contribution in [2.45, 2.75) is 57.3 Å². The Labute approximate surface area is 338 Å². The van der Waals surface area contributed by atoms with Crippen molar-refractivity contribution in [3.8, 4) is 23.2 Å². The molecule has 3 aliphatic heterocycles. The van der Waals surface area contributed by atoms with Crippen LogP contribution in [0.2, 0.25) is 0 Å². The first kappa shape index (κ1) is 37.4. The molecule has 58 heavy (non-hydrogen) atoms. The monoisotopic (exact) mass is 791 g/mol. The number of anilines is 2. The predicted octanol–water partition coefficient (Wildman–Crippen LogP) is 6.19. The molecule has 2 saturated heterocycles. The van der Waals surface area contributed by atoms with E-state index >= 15 is 0 Å². The molecule has 292 valence electrons. The highest BCUT2D eigenvalue weighted by Gasteiger charge is 2.30. The third-order valence-electron chi connectivity index (χ3n) is 11.5. The largest absolute Gasteiger partial charge is 0.381 e. The second kappa shape index (κ2) is 15.6. The Morgan fingerprint density at radius 1 is 0.983 bits per heavy atom. The van der Waals surface area contributed by atoms with Gasteiger partial charge in [-0.2, -0.15) is 0 Å². The summed E-state index contributed by atoms with van der Waals surface area (Å²) in [7, 11) is 1.85. The lowest BCUT2D eigenvalue weighted by molar-refractivity contribution is -0.134. The van der Waals surface area contributed by atoms with Crippen LogP contribution in [0.5, 0.6) is 0 Å². The molecule has 6 aromatic rings. The Hall–Kier alpha value is -6.23. The first-order valence-corrected chi connectivity index (χ1v) is 20.5. The van der Waals surface area contributed by atoms with Gasteiger partial charge in [-0.3, -0.25) is 29.5 Å². The van der Waals surface area contributed by atoms with E-state index < -0.39 is 0 Å². The van der Waals surface area contributed by atoms with Gasteiger partial charge in [0, 0.05) is 60.6 Å². The average molecular weight is 792 g/mol. The van der Waals surface area contributed by atoms with Crippen LogP contribution in [0.25, 0.3) is 32.4 Å². The maximum atomic E-state index is 13.0. The van der Waals surface area contributed by atoms with Crippen molar-refractivity contribution in [2.75, 3.05) is 31.2 Å². The van der Waals surface area contributed by atoms with Gasteiger partial charge in [-0.1, -0.05) is 24.0 Å². The molecule has 0 radical (unpaired) electrons. The Bertz CT molecular complexity index is 2760. The van der Waals surface area contributed by atoms with E-state index in [0.29, 0.717) is 35.7 Å². The van der Waals surface area contributed by atoms with Crippen LogP contribution in [-0.2, 0) is 27.8 Å². The fourth-order valence-corrected chi connectivity index (χ4v) is 9.36. The molecule has 7 heterocycles. The van der Waals surface area contributed by atoms with E-state index in [-0.39, 0.29) is 41.4 Å². The van der Waals surface area contributed by atoms with Gasteiger partial charge in [0.05, 0.1) is 46.1 Å². The fraction of sp³-hybridized carbons (Fsp3) is 0.311. The first-order valence-electron chi connectivity index (χ1n) is 19.7. The summed E-state index contributed by atoms with van der Waals surface area (Å²) in [5.74, 6) is 5.83. The van der Waals surface area contributed by atoms with Crippen molar-refractivity contribution >= 4 is 61.4 Å². The van der Waals surface area contributed by atoms with Gasteiger partial charge >= 0.3 is 0 Å². The third-order valence-corrected chi connectivity index (χ3v) is 12.5. The Kier molecular flexibility index (Phi) is 10.1. The smallest absolute Gasteiger partial charge is 0.270 e. The zero-order chi connectivity index (χ0) is 39.9. The van der Waals surface area contributed by atoms with E-state index in [1.165, 1.54) is 16.9 Å². The van der Waals surface area contributed by atoms with Crippen LogP contribution < -0.4 is 21.1 Å². The maximum Gasteiger partial charge on any atom is 0.270 e. The Morgan fingerprint density at radius 3 is 2.66 bits per heavy atom. The van der Waals surface area contributed by atoms with Crippen LogP contribution in [0, 0.1) is 18.8 Å². The molecule has 12 nitrogen and oxygen atoms in total. The molecule has 2 N–H and O–H groups in total.